The lowest BCUT2D eigenvalue weighted by Crippen LogP contribution is -2.25. The molecule has 150 valence electrons. The maximum Gasteiger partial charge on any atom is 0.220 e. The normalized spacial score (nSPS) is 16.0. The Kier molecular flexibility index (Phi) is 5.86. The minimum Gasteiger partial charge on any atom is -0.497 e. The van der Waals surface area contributed by atoms with Gasteiger partial charge in [-0.15, -0.1) is 0 Å². The van der Waals surface area contributed by atoms with Crippen molar-refractivity contribution in [1.82, 2.24) is 25.8 Å². The van der Waals surface area contributed by atoms with Gasteiger partial charge in [0.15, 0.2) is 11.6 Å². The summed E-state index contributed by atoms with van der Waals surface area (Å²) in [7, 11) is 1.64. The van der Waals surface area contributed by atoms with Crippen molar-refractivity contribution in [1.29, 1.82) is 0 Å². The van der Waals surface area contributed by atoms with Crippen molar-refractivity contribution < 1.29 is 9.53 Å². The molecule has 0 aliphatic carbocycles. The third kappa shape index (κ3) is 4.81. The predicted molar refractivity (Wildman–Crippen MR) is 111 cm³/mol. The molecular formula is C22H25N5O2. The molecule has 1 aromatic heterocycles. The van der Waals surface area contributed by atoms with E-state index < -0.39 is 0 Å². The van der Waals surface area contributed by atoms with Crippen LogP contribution in [0.2, 0.25) is 0 Å². The molecule has 0 bridgehead atoms. The molecule has 0 spiro atoms. The number of H-pyrrole nitrogens is 1. The lowest BCUT2D eigenvalue weighted by molar-refractivity contribution is -0.122. The molecule has 1 unspecified atom stereocenters. The van der Waals surface area contributed by atoms with Crippen LogP contribution in [-0.2, 0) is 11.3 Å². The second-order valence-electron chi connectivity index (χ2n) is 7.28. The van der Waals surface area contributed by atoms with Crippen molar-refractivity contribution in [2.45, 2.75) is 19.4 Å². The van der Waals surface area contributed by atoms with E-state index in [2.05, 4.69) is 25.8 Å². The third-order valence-electron chi connectivity index (χ3n) is 5.16. The Morgan fingerprint density at radius 3 is 2.83 bits per heavy atom. The topological polar surface area (TPSA) is 91.9 Å². The van der Waals surface area contributed by atoms with Crippen molar-refractivity contribution >= 4 is 5.91 Å². The molecule has 2 heterocycles. The van der Waals surface area contributed by atoms with E-state index in [1.54, 1.807) is 7.11 Å². The van der Waals surface area contributed by atoms with Crippen molar-refractivity contribution in [2.24, 2.45) is 5.92 Å². The van der Waals surface area contributed by atoms with Gasteiger partial charge in [-0.2, -0.15) is 5.10 Å². The van der Waals surface area contributed by atoms with E-state index >= 15 is 0 Å². The molecule has 1 amide bonds. The zero-order chi connectivity index (χ0) is 20.1. The molecule has 4 rings (SSSR count). The maximum atomic E-state index is 12.2. The number of hydrogen-bond acceptors (Lipinski definition) is 5. The zero-order valence-corrected chi connectivity index (χ0v) is 16.4. The standard InChI is InChI=1S/C22H25N5O2/c1-29-19-7-5-17(6-8-19)21-25-22(27-26-21)18-4-2-3-15(11-18)14-24-20(28)12-16-9-10-23-13-16/h2-8,11,16,23H,9-10,12-14H2,1H3,(H,24,28)(H,25,26,27). The number of carbonyl (C=O) groups is 1. The summed E-state index contributed by atoms with van der Waals surface area (Å²) < 4.78 is 5.19. The van der Waals surface area contributed by atoms with Crippen LogP contribution >= 0.6 is 0 Å². The quantitative estimate of drug-likeness (QED) is 0.576. The summed E-state index contributed by atoms with van der Waals surface area (Å²) in [5.41, 5.74) is 2.87. The van der Waals surface area contributed by atoms with Gasteiger partial charge < -0.3 is 15.4 Å². The SMILES string of the molecule is COc1ccc(-c2nc(-c3cccc(CNC(=O)CC4CCNC4)c3)n[nH]2)cc1. The number of methoxy groups -OCH3 is 1. The molecule has 7 nitrogen and oxygen atoms in total. The van der Waals surface area contributed by atoms with Gasteiger partial charge in [0.25, 0.3) is 0 Å². The van der Waals surface area contributed by atoms with E-state index in [9.17, 15) is 4.79 Å². The average Bonchev–Trinajstić information content (AvgIpc) is 3.45. The van der Waals surface area contributed by atoms with E-state index in [0.717, 1.165) is 42.0 Å². The van der Waals surface area contributed by atoms with Crippen molar-refractivity contribution in [2.75, 3.05) is 20.2 Å². The fourth-order valence-corrected chi connectivity index (χ4v) is 3.51. The van der Waals surface area contributed by atoms with Gasteiger partial charge in [0.05, 0.1) is 7.11 Å². The first kappa shape index (κ1) is 19.1. The number of nitrogens with zero attached hydrogens (tertiary/aromatic N) is 2. The van der Waals surface area contributed by atoms with Crippen LogP contribution in [0.3, 0.4) is 0 Å². The van der Waals surface area contributed by atoms with Crippen LogP contribution in [-0.4, -0.2) is 41.3 Å². The predicted octanol–water partition coefficient (Wildman–Crippen LogP) is 2.76. The number of benzene rings is 2. The smallest absolute Gasteiger partial charge is 0.220 e. The summed E-state index contributed by atoms with van der Waals surface area (Å²) in [5, 5.41) is 13.7. The van der Waals surface area contributed by atoms with E-state index in [1.807, 2.05) is 48.5 Å². The van der Waals surface area contributed by atoms with E-state index in [-0.39, 0.29) is 5.91 Å². The molecule has 1 aliphatic heterocycles. The fraction of sp³-hybridized carbons (Fsp3) is 0.318. The van der Waals surface area contributed by atoms with Gasteiger partial charge in [0.2, 0.25) is 5.91 Å². The van der Waals surface area contributed by atoms with Crippen molar-refractivity contribution in [3.8, 4) is 28.5 Å². The maximum absolute atomic E-state index is 12.2. The summed E-state index contributed by atoms with van der Waals surface area (Å²) in [4.78, 5) is 16.8. The third-order valence-corrected chi connectivity index (χ3v) is 5.16. The first-order valence-electron chi connectivity index (χ1n) is 9.85. The van der Waals surface area contributed by atoms with Gasteiger partial charge in [-0.3, -0.25) is 9.89 Å². The van der Waals surface area contributed by atoms with E-state index in [0.29, 0.717) is 30.5 Å². The summed E-state index contributed by atoms with van der Waals surface area (Å²) in [6.45, 7) is 2.45. The van der Waals surface area contributed by atoms with E-state index in [4.69, 9.17) is 4.74 Å². The monoisotopic (exact) mass is 391 g/mol. The molecular weight excluding hydrogens is 366 g/mol. The highest BCUT2D eigenvalue weighted by atomic mass is 16.5. The highest BCUT2D eigenvalue weighted by molar-refractivity contribution is 5.76. The molecule has 0 radical (unpaired) electrons. The molecule has 1 saturated heterocycles. The number of ether oxygens (including phenoxy) is 1. The Bertz CT molecular complexity index is 961. The van der Waals surface area contributed by atoms with Crippen molar-refractivity contribution in [3.63, 3.8) is 0 Å². The second-order valence-corrected chi connectivity index (χ2v) is 7.28. The van der Waals surface area contributed by atoms with Crippen LogP contribution in [0.5, 0.6) is 5.75 Å². The van der Waals surface area contributed by atoms with Gasteiger partial charge in [0.1, 0.15) is 5.75 Å². The van der Waals surface area contributed by atoms with E-state index in [1.165, 1.54) is 0 Å². The van der Waals surface area contributed by atoms with Gasteiger partial charge in [0, 0.05) is 24.1 Å². The number of amides is 1. The summed E-state index contributed by atoms with van der Waals surface area (Å²) in [6.07, 6.45) is 1.66. The van der Waals surface area contributed by atoms with Gasteiger partial charge in [-0.1, -0.05) is 18.2 Å². The van der Waals surface area contributed by atoms with Gasteiger partial charge in [-0.05, 0) is 61.3 Å². The van der Waals surface area contributed by atoms with Crippen LogP contribution < -0.4 is 15.4 Å². The van der Waals surface area contributed by atoms with Crippen LogP contribution in [0.15, 0.2) is 48.5 Å². The minimum atomic E-state index is 0.101. The van der Waals surface area contributed by atoms with Crippen LogP contribution in [0, 0.1) is 5.92 Å². The second kappa shape index (κ2) is 8.87. The van der Waals surface area contributed by atoms with Crippen LogP contribution in [0.1, 0.15) is 18.4 Å². The lowest BCUT2D eigenvalue weighted by atomic mass is 10.0. The molecule has 1 aliphatic rings. The average molecular weight is 391 g/mol. The number of aromatic nitrogens is 3. The summed E-state index contributed by atoms with van der Waals surface area (Å²) in [6, 6.07) is 15.6. The Balaban J connectivity index is 1.40. The molecule has 3 aromatic rings. The van der Waals surface area contributed by atoms with Crippen molar-refractivity contribution in [3.05, 3.63) is 54.1 Å². The number of aromatic amines is 1. The Morgan fingerprint density at radius 2 is 2.07 bits per heavy atom. The number of rotatable bonds is 7. The Hall–Kier alpha value is -3.19. The fourth-order valence-electron chi connectivity index (χ4n) is 3.51. The molecule has 3 N–H and O–H groups in total. The first-order chi connectivity index (χ1) is 14.2. The molecule has 0 saturated carbocycles. The molecule has 1 atom stereocenters. The largest absolute Gasteiger partial charge is 0.497 e. The number of hydrogen-bond donors (Lipinski definition) is 3. The lowest BCUT2D eigenvalue weighted by Gasteiger charge is -2.09. The van der Waals surface area contributed by atoms with Gasteiger partial charge >= 0.3 is 0 Å². The molecule has 1 fully saturated rings. The summed E-state index contributed by atoms with van der Waals surface area (Å²) in [5.74, 6) is 2.68. The first-order valence-corrected chi connectivity index (χ1v) is 9.85. The Labute approximate surface area is 169 Å². The number of nitrogens with one attached hydrogen (secondary N) is 3. The highest BCUT2D eigenvalue weighted by Crippen LogP contribution is 2.23. The minimum absolute atomic E-state index is 0.101. The molecule has 2 aromatic carbocycles. The zero-order valence-electron chi connectivity index (χ0n) is 16.4. The van der Waals surface area contributed by atoms with Crippen LogP contribution in [0.25, 0.3) is 22.8 Å². The number of carbonyl (C=O) groups excluding carboxylic acids is 1. The molecule has 29 heavy (non-hydrogen) atoms. The van der Waals surface area contributed by atoms with Crippen LogP contribution in [0.4, 0.5) is 0 Å². The summed E-state index contributed by atoms with van der Waals surface area (Å²) >= 11 is 0. The molecule has 7 heteroatoms. The van der Waals surface area contributed by atoms with Gasteiger partial charge in [-0.25, -0.2) is 4.98 Å². The Morgan fingerprint density at radius 1 is 1.21 bits per heavy atom. The highest BCUT2D eigenvalue weighted by Gasteiger charge is 2.17.